The van der Waals surface area contributed by atoms with Crippen LogP contribution in [0.25, 0.3) is 0 Å². The molecule has 0 aliphatic rings. The summed E-state index contributed by atoms with van der Waals surface area (Å²) < 4.78 is 29.3. The highest BCUT2D eigenvalue weighted by Gasteiger charge is 2.35. The van der Waals surface area contributed by atoms with Crippen LogP contribution in [0.15, 0.2) is 102 Å². The van der Waals surface area contributed by atoms with Crippen LogP contribution >= 0.6 is 34.8 Å². The number of carbonyl (C=O) groups is 2. The van der Waals surface area contributed by atoms with Crippen molar-refractivity contribution >= 4 is 62.3 Å². The number of halogens is 3. The number of sulfonamides is 1. The van der Waals surface area contributed by atoms with E-state index in [1.165, 1.54) is 23.1 Å². The Morgan fingerprint density at radius 1 is 0.844 bits per heavy atom. The number of hydrogen-bond acceptors (Lipinski definition) is 4. The van der Waals surface area contributed by atoms with Gasteiger partial charge in [0.1, 0.15) is 12.6 Å². The first-order valence-electron chi connectivity index (χ1n) is 14.4. The Morgan fingerprint density at radius 3 is 2.11 bits per heavy atom. The summed E-state index contributed by atoms with van der Waals surface area (Å²) in [6.07, 6.45) is 0.882. The van der Waals surface area contributed by atoms with Gasteiger partial charge in [0.05, 0.1) is 10.6 Å². The van der Waals surface area contributed by atoms with Crippen molar-refractivity contribution < 1.29 is 18.0 Å². The molecule has 1 N–H and O–H groups in total. The predicted molar refractivity (Wildman–Crippen MR) is 181 cm³/mol. The summed E-state index contributed by atoms with van der Waals surface area (Å²) in [5.74, 6) is -0.969. The molecule has 4 aromatic carbocycles. The SMILES string of the molecule is CCCNC(=O)[C@@H](Cc1ccccc1)N(Cc1ccc(Cl)cc1Cl)C(=O)CN(c1cc(Cl)ccc1C)S(=O)(=O)c1ccccc1. The van der Waals surface area contributed by atoms with E-state index in [0.29, 0.717) is 39.2 Å². The van der Waals surface area contributed by atoms with Crippen LogP contribution in [0, 0.1) is 6.92 Å². The Hall–Kier alpha value is -3.56. The lowest BCUT2D eigenvalue weighted by Gasteiger charge is -2.34. The van der Waals surface area contributed by atoms with E-state index in [1.807, 2.05) is 37.3 Å². The molecule has 0 aliphatic carbocycles. The largest absolute Gasteiger partial charge is 0.354 e. The van der Waals surface area contributed by atoms with Crippen LogP contribution in [-0.2, 0) is 32.6 Å². The number of nitrogens with one attached hydrogen (secondary N) is 1. The maximum Gasteiger partial charge on any atom is 0.264 e. The van der Waals surface area contributed by atoms with Crippen LogP contribution in [0.3, 0.4) is 0 Å². The Bertz CT molecular complexity index is 1740. The zero-order valence-corrected chi connectivity index (χ0v) is 28.0. The van der Waals surface area contributed by atoms with Gasteiger partial charge in [-0.2, -0.15) is 0 Å². The first-order chi connectivity index (χ1) is 21.5. The van der Waals surface area contributed by atoms with Crippen LogP contribution in [0.5, 0.6) is 0 Å². The van der Waals surface area contributed by atoms with E-state index in [0.717, 1.165) is 9.87 Å². The Morgan fingerprint density at radius 2 is 1.47 bits per heavy atom. The average Bonchev–Trinajstić information content (AvgIpc) is 3.03. The predicted octanol–water partition coefficient (Wildman–Crippen LogP) is 7.32. The zero-order chi connectivity index (χ0) is 32.6. The summed E-state index contributed by atoms with van der Waals surface area (Å²) in [5, 5.41) is 3.96. The summed E-state index contributed by atoms with van der Waals surface area (Å²) in [7, 11) is -4.24. The molecule has 0 spiro atoms. The molecular weight excluding hydrogens is 653 g/mol. The molecule has 7 nitrogen and oxygen atoms in total. The Kier molecular flexibility index (Phi) is 11.9. The van der Waals surface area contributed by atoms with Gasteiger partial charge in [0, 0.05) is 34.6 Å². The second kappa shape index (κ2) is 15.6. The fourth-order valence-electron chi connectivity index (χ4n) is 4.84. The van der Waals surface area contributed by atoms with Crippen LogP contribution in [0.4, 0.5) is 5.69 Å². The van der Waals surface area contributed by atoms with Gasteiger partial charge >= 0.3 is 0 Å². The first-order valence-corrected chi connectivity index (χ1v) is 17.0. The van der Waals surface area contributed by atoms with Crippen LogP contribution in [0.1, 0.15) is 30.0 Å². The van der Waals surface area contributed by atoms with E-state index in [2.05, 4.69) is 5.32 Å². The molecule has 11 heteroatoms. The number of benzene rings is 4. The molecule has 0 aromatic heterocycles. The normalized spacial score (nSPS) is 11.9. The molecule has 0 unspecified atom stereocenters. The van der Waals surface area contributed by atoms with Crippen molar-refractivity contribution in [3.05, 3.63) is 129 Å². The van der Waals surface area contributed by atoms with E-state index < -0.39 is 28.5 Å². The zero-order valence-electron chi connectivity index (χ0n) is 24.9. The third-order valence-corrected chi connectivity index (χ3v) is 9.82. The van der Waals surface area contributed by atoms with E-state index in [1.54, 1.807) is 55.5 Å². The Balaban J connectivity index is 1.84. The quantitative estimate of drug-likeness (QED) is 0.160. The number of rotatable bonds is 13. The second-order valence-corrected chi connectivity index (χ2v) is 13.7. The average molecular weight is 687 g/mol. The third kappa shape index (κ3) is 8.79. The van der Waals surface area contributed by atoms with Gasteiger partial charge in [0.25, 0.3) is 10.0 Å². The highest BCUT2D eigenvalue weighted by Crippen LogP contribution is 2.31. The molecule has 0 aliphatic heterocycles. The van der Waals surface area contributed by atoms with Gasteiger partial charge < -0.3 is 10.2 Å². The number of hydrogen-bond donors (Lipinski definition) is 1. The van der Waals surface area contributed by atoms with Crippen LogP contribution in [-0.4, -0.2) is 44.3 Å². The summed E-state index contributed by atoms with van der Waals surface area (Å²) >= 11 is 19.0. The first kappa shape index (κ1) is 34.3. The monoisotopic (exact) mass is 685 g/mol. The highest BCUT2D eigenvalue weighted by atomic mass is 35.5. The standard InChI is InChI=1S/C34H34Cl3N3O4S/c1-3-18-38-34(42)32(19-25-10-6-4-7-11-25)39(22-26-15-17-27(35)20-30(26)37)33(41)23-40(31-21-28(36)16-14-24(31)2)45(43,44)29-12-8-5-9-13-29/h4-17,20-21,32H,3,18-19,22-23H2,1-2H3,(H,38,42)/t32-/m1/s1. The van der Waals surface area contributed by atoms with Gasteiger partial charge in [0.2, 0.25) is 11.8 Å². The van der Waals surface area contributed by atoms with Crippen molar-refractivity contribution in [1.82, 2.24) is 10.2 Å². The van der Waals surface area contributed by atoms with Crippen molar-refractivity contribution in [3.8, 4) is 0 Å². The molecule has 1 atom stereocenters. The van der Waals surface area contributed by atoms with Crippen molar-refractivity contribution in [2.45, 2.75) is 44.2 Å². The minimum atomic E-state index is -4.24. The maximum absolute atomic E-state index is 14.5. The van der Waals surface area contributed by atoms with Gasteiger partial charge in [0.15, 0.2) is 0 Å². The lowest BCUT2D eigenvalue weighted by Crippen LogP contribution is -2.53. The van der Waals surface area contributed by atoms with Crippen molar-refractivity contribution in [1.29, 1.82) is 0 Å². The molecule has 0 radical (unpaired) electrons. The topological polar surface area (TPSA) is 86.8 Å². The van der Waals surface area contributed by atoms with Gasteiger partial charge in [-0.1, -0.05) is 102 Å². The lowest BCUT2D eigenvalue weighted by molar-refractivity contribution is -0.140. The van der Waals surface area contributed by atoms with Gasteiger partial charge in [-0.25, -0.2) is 8.42 Å². The molecule has 0 bridgehead atoms. The highest BCUT2D eigenvalue weighted by molar-refractivity contribution is 7.92. The fraction of sp³-hybridized carbons (Fsp3) is 0.235. The summed E-state index contributed by atoms with van der Waals surface area (Å²) in [6.45, 7) is 3.41. The molecule has 0 saturated carbocycles. The molecule has 2 amide bonds. The van der Waals surface area contributed by atoms with E-state index in [9.17, 15) is 18.0 Å². The number of aryl methyl sites for hydroxylation is 1. The van der Waals surface area contributed by atoms with Crippen LogP contribution in [0.2, 0.25) is 15.1 Å². The smallest absolute Gasteiger partial charge is 0.264 e. The molecule has 0 heterocycles. The molecule has 0 saturated heterocycles. The van der Waals surface area contributed by atoms with Gasteiger partial charge in [-0.15, -0.1) is 0 Å². The minimum absolute atomic E-state index is 0.00555. The summed E-state index contributed by atoms with van der Waals surface area (Å²) in [4.78, 5) is 29.7. The number of nitrogens with zero attached hydrogens (tertiary/aromatic N) is 2. The molecule has 236 valence electrons. The second-order valence-electron chi connectivity index (χ2n) is 10.5. The minimum Gasteiger partial charge on any atom is -0.354 e. The van der Waals surface area contributed by atoms with E-state index in [4.69, 9.17) is 34.8 Å². The summed E-state index contributed by atoms with van der Waals surface area (Å²) in [6, 6.07) is 26.0. The number of anilines is 1. The fourth-order valence-corrected chi connectivity index (χ4v) is 6.96. The molecule has 0 fully saturated rings. The van der Waals surface area contributed by atoms with Gasteiger partial charge in [-0.3, -0.25) is 13.9 Å². The lowest BCUT2D eigenvalue weighted by atomic mass is 10.0. The molecular formula is C34H34Cl3N3O4S. The Labute approximate surface area is 279 Å². The molecule has 4 rings (SSSR count). The molecule has 45 heavy (non-hydrogen) atoms. The van der Waals surface area contributed by atoms with Crippen LogP contribution < -0.4 is 9.62 Å². The number of carbonyl (C=O) groups excluding carboxylic acids is 2. The summed E-state index contributed by atoms with van der Waals surface area (Å²) in [5.41, 5.74) is 2.22. The van der Waals surface area contributed by atoms with Crippen molar-refractivity contribution in [3.63, 3.8) is 0 Å². The maximum atomic E-state index is 14.5. The third-order valence-electron chi connectivity index (χ3n) is 7.23. The van der Waals surface area contributed by atoms with Crippen molar-refractivity contribution in [2.24, 2.45) is 0 Å². The number of amides is 2. The van der Waals surface area contributed by atoms with E-state index in [-0.39, 0.29) is 29.5 Å². The van der Waals surface area contributed by atoms with E-state index >= 15 is 0 Å². The van der Waals surface area contributed by atoms with Gasteiger partial charge in [-0.05, 0) is 66.4 Å². The molecule has 4 aromatic rings. The van der Waals surface area contributed by atoms with Crippen molar-refractivity contribution in [2.75, 3.05) is 17.4 Å².